The molecule has 0 saturated heterocycles. The average molecular weight is 260 g/mol. The van der Waals surface area contributed by atoms with Gasteiger partial charge in [0.15, 0.2) is 0 Å². The molecule has 1 aromatic heterocycles. The topological polar surface area (TPSA) is 58.8 Å². The summed E-state index contributed by atoms with van der Waals surface area (Å²) in [6.45, 7) is 3.76. The Balaban J connectivity index is 2.38. The molecule has 0 bridgehead atoms. The van der Waals surface area contributed by atoms with Crippen LogP contribution in [0.4, 0.5) is 0 Å². The van der Waals surface area contributed by atoms with Gasteiger partial charge in [-0.3, -0.25) is 0 Å². The average Bonchev–Trinajstić information content (AvgIpc) is 2.33. The highest BCUT2D eigenvalue weighted by Gasteiger charge is 2.08. The van der Waals surface area contributed by atoms with E-state index < -0.39 is 0 Å². The summed E-state index contributed by atoms with van der Waals surface area (Å²) in [7, 11) is 0. The van der Waals surface area contributed by atoms with E-state index in [1.165, 1.54) is 6.33 Å². The highest BCUT2D eigenvalue weighted by atomic mass is 35.5. The van der Waals surface area contributed by atoms with Gasteiger partial charge in [0.05, 0.1) is 11.6 Å². The number of halogens is 1. The second-order valence-corrected chi connectivity index (χ2v) is 4.22. The molecule has 0 radical (unpaired) electrons. The molecule has 2 aromatic rings. The van der Waals surface area contributed by atoms with E-state index in [-0.39, 0.29) is 0 Å². The number of aryl methyl sites for hydroxylation is 2. The van der Waals surface area contributed by atoms with E-state index in [9.17, 15) is 0 Å². The molecule has 1 aromatic carbocycles. The molecule has 1 heterocycles. The van der Waals surface area contributed by atoms with Gasteiger partial charge in [-0.25, -0.2) is 9.97 Å². The molecule has 0 spiro atoms. The van der Waals surface area contributed by atoms with E-state index in [0.29, 0.717) is 22.3 Å². The summed E-state index contributed by atoms with van der Waals surface area (Å²) in [6.07, 6.45) is 1.34. The lowest BCUT2D eigenvalue weighted by Crippen LogP contribution is -1.94. The minimum atomic E-state index is 0.323. The molecule has 0 atom stereocenters. The molecular formula is C13H10ClN3O. The van der Waals surface area contributed by atoms with Gasteiger partial charge in [-0.05, 0) is 37.1 Å². The van der Waals surface area contributed by atoms with Crippen LogP contribution in [0.5, 0.6) is 11.6 Å². The van der Waals surface area contributed by atoms with Crippen molar-refractivity contribution in [1.29, 1.82) is 5.26 Å². The highest BCUT2D eigenvalue weighted by Crippen LogP contribution is 2.29. The van der Waals surface area contributed by atoms with Gasteiger partial charge in [0.2, 0.25) is 5.88 Å². The number of hydrogen-bond acceptors (Lipinski definition) is 4. The third kappa shape index (κ3) is 2.58. The van der Waals surface area contributed by atoms with Crippen LogP contribution in [-0.4, -0.2) is 9.97 Å². The fourth-order valence-electron chi connectivity index (χ4n) is 1.65. The molecule has 0 aliphatic rings. The Morgan fingerprint density at radius 2 is 1.83 bits per heavy atom. The third-order valence-corrected chi connectivity index (χ3v) is 2.61. The Hall–Kier alpha value is -2.12. The first-order valence-corrected chi connectivity index (χ1v) is 5.64. The van der Waals surface area contributed by atoms with E-state index in [1.807, 2.05) is 13.8 Å². The number of nitrogens with zero attached hydrogens (tertiary/aromatic N) is 3. The Morgan fingerprint density at radius 3 is 2.39 bits per heavy atom. The molecule has 0 aliphatic carbocycles. The quantitative estimate of drug-likeness (QED) is 0.776. The Bertz CT molecular complexity index is 611. The second kappa shape index (κ2) is 5.03. The number of aromatic nitrogens is 2. The van der Waals surface area contributed by atoms with Crippen LogP contribution < -0.4 is 4.74 Å². The fraction of sp³-hybridized carbons (Fsp3) is 0.154. The van der Waals surface area contributed by atoms with E-state index in [1.54, 1.807) is 18.2 Å². The molecule has 2 rings (SSSR count). The van der Waals surface area contributed by atoms with Crippen molar-refractivity contribution in [3.05, 3.63) is 46.4 Å². The van der Waals surface area contributed by atoms with E-state index in [0.717, 1.165) is 11.1 Å². The fourth-order valence-corrected chi connectivity index (χ4v) is 1.79. The first-order valence-electron chi connectivity index (χ1n) is 5.27. The van der Waals surface area contributed by atoms with Crippen LogP contribution in [0.15, 0.2) is 24.5 Å². The zero-order valence-corrected chi connectivity index (χ0v) is 10.7. The van der Waals surface area contributed by atoms with Crippen molar-refractivity contribution in [2.24, 2.45) is 0 Å². The molecule has 0 aliphatic heterocycles. The number of hydrogen-bond donors (Lipinski definition) is 0. The van der Waals surface area contributed by atoms with Crippen LogP contribution in [0.2, 0.25) is 5.15 Å². The van der Waals surface area contributed by atoms with Gasteiger partial charge in [-0.2, -0.15) is 5.26 Å². The molecule has 90 valence electrons. The molecular weight excluding hydrogens is 250 g/mol. The molecule has 4 nitrogen and oxygen atoms in total. The van der Waals surface area contributed by atoms with Crippen LogP contribution in [0.25, 0.3) is 0 Å². The van der Waals surface area contributed by atoms with Crippen LogP contribution >= 0.6 is 11.6 Å². The number of nitriles is 1. The van der Waals surface area contributed by atoms with E-state index in [4.69, 9.17) is 21.6 Å². The van der Waals surface area contributed by atoms with Crippen molar-refractivity contribution in [2.45, 2.75) is 13.8 Å². The summed E-state index contributed by atoms with van der Waals surface area (Å²) in [6, 6.07) is 7.18. The van der Waals surface area contributed by atoms with Gasteiger partial charge in [-0.1, -0.05) is 11.6 Å². The lowest BCUT2D eigenvalue weighted by Gasteiger charge is -2.11. The van der Waals surface area contributed by atoms with Crippen LogP contribution in [0, 0.1) is 25.2 Å². The normalized spacial score (nSPS) is 9.89. The van der Waals surface area contributed by atoms with Gasteiger partial charge in [0.1, 0.15) is 17.2 Å². The SMILES string of the molecule is Cc1cc(C#N)cc(C)c1Oc1cc(Cl)ncn1. The minimum Gasteiger partial charge on any atom is -0.438 e. The van der Waals surface area contributed by atoms with Crippen LogP contribution in [-0.2, 0) is 0 Å². The zero-order chi connectivity index (χ0) is 13.1. The number of benzene rings is 1. The molecule has 0 fully saturated rings. The van der Waals surface area contributed by atoms with E-state index >= 15 is 0 Å². The lowest BCUT2D eigenvalue weighted by atomic mass is 10.1. The smallest absolute Gasteiger partial charge is 0.223 e. The standard InChI is InChI=1S/C13H10ClN3O/c1-8-3-10(6-15)4-9(2)13(8)18-12-5-11(14)16-7-17-12/h3-5,7H,1-2H3. The molecule has 0 saturated carbocycles. The third-order valence-electron chi connectivity index (χ3n) is 2.40. The van der Waals surface area contributed by atoms with Crippen molar-refractivity contribution in [3.8, 4) is 17.7 Å². The van der Waals surface area contributed by atoms with Crippen molar-refractivity contribution in [3.63, 3.8) is 0 Å². The van der Waals surface area contributed by atoms with Crippen molar-refractivity contribution in [2.75, 3.05) is 0 Å². The second-order valence-electron chi connectivity index (χ2n) is 3.83. The molecule has 0 unspecified atom stereocenters. The van der Waals surface area contributed by atoms with Gasteiger partial charge < -0.3 is 4.74 Å². The number of rotatable bonds is 2. The van der Waals surface area contributed by atoms with Gasteiger partial charge >= 0.3 is 0 Å². The van der Waals surface area contributed by atoms with Crippen molar-refractivity contribution >= 4 is 11.6 Å². The number of ether oxygens (including phenoxy) is 1. The molecule has 18 heavy (non-hydrogen) atoms. The van der Waals surface area contributed by atoms with Crippen LogP contribution in [0.1, 0.15) is 16.7 Å². The summed E-state index contributed by atoms with van der Waals surface area (Å²) in [5.74, 6) is 1.06. The van der Waals surface area contributed by atoms with Crippen LogP contribution in [0.3, 0.4) is 0 Å². The minimum absolute atomic E-state index is 0.323. The lowest BCUT2D eigenvalue weighted by molar-refractivity contribution is 0.454. The molecule has 0 amide bonds. The maximum absolute atomic E-state index is 8.87. The highest BCUT2D eigenvalue weighted by molar-refractivity contribution is 6.29. The van der Waals surface area contributed by atoms with Gasteiger partial charge in [-0.15, -0.1) is 0 Å². The Labute approximate surface area is 110 Å². The summed E-state index contributed by atoms with van der Waals surface area (Å²) in [5, 5.41) is 9.20. The first-order chi connectivity index (χ1) is 8.60. The molecule has 0 N–H and O–H groups in total. The summed E-state index contributed by atoms with van der Waals surface area (Å²) >= 11 is 5.76. The predicted molar refractivity (Wildman–Crippen MR) is 67.7 cm³/mol. The van der Waals surface area contributed by atoms with Crippen molar-refractivity contribution in [1.82, 2.24) is 9.97 Å². The molecule has 5 heteroatoms. The summed E-state index contributed by atoms with van der Waals surface area (Å²) in [5.41, 5.74) is 2.36. The Morgan fingerprint density at radius 1 is 1.17 bits per heavy atom. The summed E-state index contributed by atoms with van der Waals surface area (Å²) in [4.78, 5) is 7.76. The monoisotopic (exact) mass is 259 g/mol. The van der Waals surface area contributed by atoms with Gasteiger partial charge in [0.25, 0.3) is 0 Å². The predicted octanol–water partition coefficient (Wildman–Crippen LogP) is 3.41. The zero-order valence-electron chi connectivity index (χ0n) is 9.94. The maximum atomic E-state index is 8.87. The van der Waals surface area contributed by atoms with E-state index in [2.05, 4.69) is 16.0 Å². The summed E-state index contributed by atoms with van der Waals surface area (Å²) < 4.78 is 5.68. The largest absolute Gasteiger partial charge is 0.438 e. The first kappa shape index (κ1) is 12.3. The van der Waals surface area contributed by atoms with Crippen molar-refractivity contribution < 1.29 is 4.74 Å². The Kier molecular flexibility index (Phi) is 3.45. The maximum Gasteiger partial charge on any atom is 0.223 e. The van der Waals surface area contributed by atoms with Gasteiger partial charge in [0, 0.05) is 6.07 Å².